The van der Waals surface area contributed by atoms with Gasteiger partial charge in [0, 0.05) is 25.2 Å². The molecule has 2 atom stereocenters. The highest BCUT2D eigenvalue weighted by Crippen LogP contribution is 2.30. The molecular formula is C16H24F2N2. The molecule has 1 saturated heterocycles. The Bertz CT molecular complexity index is 468. The average molecular weight is 282 g/mol. The fourth-order valence-electron chi connectivity index (χ4n) is 2.75. The summed E-state index contributed by atoms with van der Waals surface area (Å²) in [4.78, 5) is 2.02. The molecule has 0 aliphatic carbocycles. The van der Waals surface area contributed by atoms with Gasteiger partial charge in [0.05, 0.1) is 5.69 Å². The molecule has 1 aromatic rings. The molecule has 0 aromatic heterocycles. The zero-order chi connectivity index (χ0) is 14.9. The summed E-state index contributed by atoms with van der Waals surface area (Å²) in [6.07, 6.45) is 0.903. The number of benzene rings is 1. The maximum Gasteiger partial charge on any atom is 0.182 e. The lowest BCUT2D eigenvalue weighted by Gasteiger charge is -2.46. The Kier molecular flexibility index (Phi) is 4.33. The van der Waals surface area contributed by atoms with Crippen LogP contribution in [-0.4, -0.2) is 25.2 Å². The number of piperazine rings is 1. The van der Waals surface area contributed by atoms with Crippen LogP contribution in [0.5, 0.6) is 0 Å². The highest BCUT2D eigenvalue weighted by molar-refractivity contribution is 5.50. The first-order valence-corrected chi connectivity index (χ1v) is 7.28. The number of hydrogen-bond donors (Lipinski definition) is 1. The van der Waals surface area contributed by atoms with Crippen LogP contribution in [0.4, 0.5) is 14.5 Å². The summed E-state index contributed by atoms with van der Waals surface area (Å²) in [6.45, 7) is 10.1. The predicted octanol–water partition coefficient (Wildman–Crippen LogP) is 3.57. The predicted molar refractivity (Wildman–Crippen MR) is 79.0 cm³/mol. The van der Waals surface area contributed by atoms with E-state index in [0.717, 1.165) is 13.0 Å². The number of anilines is 1. The Morgan fingerprint density at radius 1 is 1.30 bits per heavy atom. The molecule has 2 nitrogen and oxygen atoms in total. The molecule has 1 aromatic carbocycles. The lowest BCUT2D eigenvalue weighted by molar-refractivity contribution is 0.232. The first-order chi connectivity index (χ1) is 9.34. The minimum absolute atomic E-state index is 0.0841. The zero-order valence-electron chi connectivity index (χ0n) is 12.7. The molecule has 1 aliphatic rings. The number of hydrogen-bond acceptors (Lipinski definition) is 2. The summed E-state index contributed by atoms with van der Waals surface area (Å²) in [5.41, 5.74) is 0.466. The molecule has 0 amide bonds. The summed E-state index contributed by atoms with van der Waals surface area (Å²) < 4.78 is 27.6. The number of rotatable bonds is 2. The summed E-state index contributed by atoms with van der Waals surface area (Å²) in [5, 5.41) is 3.54. The standard InChI is InChI=1S/C16H24F2N2/c1-5-11-9-19-14(16(2,3)4)10-20(11)13-8-6-7-12(17)15(13)18/h6-8,11,14,19H,5,9-10H2,1-4H3. The molecule has 1 heterocycles. The molecule has 0 bridgehead atoms. The molecule has 4 heteroatoms. The zero-order valence-corrected chi connectivity index (χ0v) is 12.7. The molecule has 0 saturated carbocycles. The van der Waals surface area contributed by atoms with E-state index in [4.69, 9.17) is 0 Å². The van der Waals surface area contributed by atoms with Gasteiger partial charge in [-0.25, -0.2) is 8.78 Å². The first kappa shape index (κ1) is 15.2. The van der Waals surface area contributed by atoms with Crippen molar-refractivity contribution in [2.24, 2.45) is 5.41 Å². The second-order valence-corrected chi connectivity index (χ2v) is 6.61. The fourth-order valence-corrected chi connectivity index (χ4v) is 2.75. The molecule has 0 radical (unpaired) electrons. The van der Waals surface area contributed by atoms with E-state index in [1.54, 1.807) is 12.1 Å². The summed E-state index contributed by atoms with van der Waals surface area (Å²) in [7, 11) is 0. The van der Waals surface area contributed by atoms with Crippen molar-refractivity contribution in [2.45, 2.75) is 46.2 Å². The van der Waals surface area contributed by atoms with Crippen molar-refractivity contribution in [1.29, 1.82) is 0 Å². The van der Waals surface area contributed by atoms with Crippen molar-refractivity contribution in [1.82, 2.24) is 5.32 Å². The minimum Gasteiger partial charge on any atom is -0.363 e. The molecule has 20 heavy (non-hydrogen) atoms. The second kappa shape index (κ2) is 5.68. The molecule has 1 N–H and O–H groups in total. The monoisotopic (exact) mass is 282 g/mol. The smallest absolute Gasteiger partial charge is 0.182 e. The van der Waals surface area contributed by atoms with Crippen molar-refractivity contribution in [3.8, 4) is 0 Å². The highest BCUT2D eigenvalue weighted by atomic mass is 19.2. The van der Waals surface area contributed by atoms with Gasteiger partial charge in [-0.05, 0) is 24.0 Å². The molecule has 1 aliphatic heterocycles. The Morgan fingerprint density at radius 3 is 2.60 bits per heavy atom. The van der Waals surface area contributed by atoms with E-state index in [0.29, 0.717) is 12.2 Å². The van der Waals surface area contributed by atoms with Gasteiger partial charge in [0.25, 0.3) is 0 Å². The van der Waals surface area contributed by atoms with E-state index in [-0.39, 0.29) is 17.5 Å². The van der Waals surface area contributed by atoms with Crippen LogP contribution < -0.4 is 10.2 Å². The van der Waals surface area contributed by atoms with Gasteiger partial charge < -0.3 is 10.2 Å². The highest BCUT2D eigenvalue weighted by Gasteiger charge is 2.34. The lowest BCUT2D eigenvalue weighted by Crippen LogP contribution is -2.60. The van der Waals surface area contributed by atoms with Crippen LogP contribution in [0.2, 0.25) is 0 Å². The van der Waals surface area contributed by atoms with E-state index in [9.17, 15) is 8.78 Å². The van der Waals surface area contributed by atoms with E-state index in [2.05, 4.69) is 33.0 Å². The lowest BCUT2D eigenvalue weighted by atomic mass is 9.84. The van der Waals surface area contributed by atoms with E-state index < -0.39 is 11.6 Å². The average Bonchev–Trinajstić information content (AvgIpc) is 2.40. The van der Waals surface area contributed by atoms with E-state index >= 15 is 0 Å². The summed E-state index contributed by atoms with van der Waals surface area (Å²) in [5.74, 6) is -1.51. The second-order valence-electron chi connectivity index (χ2n) is 6.61. The number of nitrogens with zero attached hydrogens (tertiary/aromatic N) is 1. The maximum atomic E-state index is 14.1. The van der Waals surface area contributed by atoms with Crippen LogP contribution in [-0.2, 0) is 0 Å². The quantitative estimate of drug-likeness (QED) is 0.892. The van der Waals surface area contributed by atoms with Gasteiger partial charge in [0.1, 0.15) is 0 Å². The van der Waals surface area contributed by atoms with Gasteiger partial charge in [-0.1, -0.05) is 33.8 Å². The van der Waals surface area contributed by atoms with Crippen LogP contribution in [0.3, 0.4) is 0 Å². The Hall–Kier alpha value is -1.16. The minimum atomic E-state index is -0.775. The third-order valence-electron chi connectivity index (χ3n) is 4.18. The molecular weight excluding hydrogens is 258 g/mol. The van der Waals surface area contributed by atoms with Crippen LogP contribution in [0.15, 0.2) is 18.2 Å². The molecule has 1 fully saturated rings. The van der Waals surface area contributed by atoms with Crippen molar-refractivity contribution >= 4 is 5.69 Å². The van der Waals surface area contributed by atoms with Crippen LogP contribution in [0, 0.1) is 17.0 Å². The van der Waals surface area contributed by atoms with Crippen LogP contribution >= 0.6 is 0 Å². The normalized spacial score (nSPS) is 24.0. The topological polar surface area (TPSA) is 15.3 Å². The molecule has 0 spiro atoms. The maximum absolute atomic E-state index is 14.1. The Morgan fingerprint density at radius 2 is 2.00 bits per heavy atom. The third kappa shape index (κ3) is 2.95. The van der Waals surface area contributed by atoms with Gasteiger partial charge in [-0.15, -0.1) is 0 Å². The number of halogens is 2. The molecule has 112 valence electrons. The van der Waals surface area contributed by atoms with Gasteiger partial charge in [-0.3, -0.25) is 0 Å². The van der Waals surface area contributed by atoms with Crippen LogP contribution in [0.1, 0.15) is 34.1 Å². The van der Waals surface area contributed by atoms with Gasteiger partial charge >= 0.3 is 0 Å². The van der Waals surface area contributed by atoms with Gasteiger partial charge in [0.15, 0.2) is 11.6 Å². The largest absolute Gasteiger partial charge is 0.363 e. The SMILES string of the molecule is CCC1CNC(C(C)(C)C)CN1c1cccc(F)c1F. The van der Waals surface area contributed by atoms with E-state index in [1.807, 2.05) is 4.90 Å². The fraction of sp³-hybridized carbons (Fsp3) is 0.625. The Balaban J connectivity index is 2.32. The van der Waals surface area contributed by atoms with Crippen molar-refractivity contribution < 1.29 is 8.78 Å². The van der Waals surface area contributed by atoms with E-state index in [1.165, 1.54) is 6.07 Å². The molecule has 2 rings (SSSR count). The first-order valence-electron chi connectivity index (χ1n) is 7.28. The summed E-state index contributed by atoms with van der Waals surface area (Å²) >= 11 is 0. The van der Waals surface area contributed by atoms with Crippen molar-refractivity contribution in [2.75, 3.05) is 18.0 Å². The van der Waals surface area contributed by atoms with Crippen molar-refractivity contribution in [3.05, 3.63) is 29.8 Å². The number of nitrogens with one attached hydrogen (secondary N) is 1. The van der Waals surface area contributed by atoms with Crippen molar-refractivity contribution in [3.63, 3.8) is 0 Å². The van der Waals surface area contributed by atoms with Gasteiger partial charge in [0.2, 0.25) is 0 Å². The molecule has 2 unspecified atom stereocenters. The summed E-state index contributed by atoms with van der Waals surface area (Å²) in [6, 6.07) is 4.88. The van der Waals surface area contributed by atoms with Crippen LogP contribution in [0.25, 0.3) is 0 Å². The third-order valence-corrected chi connectivity index (χ3v) is 4.18. The Labute approximate surface area is 120 Å². The van der Waals surface area contributed by atoms with Gasteiger partial charge in [-0.2, -0.15) is 0 Å².